The Hall–Kier alpha value is -2.61. The number of nitrogens with zero attached hydrogens (tertiary/aromatic N) is 4. The summed E-state index contributed by atoms with van der Waals surface area (Å²) < 4.78 is 8.02. The van der Waals surface area contributed by atoms with Crippen LogP contribution >= 0.6 is 11.6 Å². The average Bonchev–Trinajstić information content (AvgIpc) is 3.38. The van der Waals surface area contributed by atoms with Crippen molar-refractivity contribution in [3.05, 3.63) is 63.7 Å². The summed E-state index contributed by atoms with van der Waals surface area (Å²) in [5, 5.41) is 8.64. The molecule has 1 fully saturated rings. The van der Waals surface area contributed by atoms with Crippen molar-refractivity contribution in [3.63, 3.8) is 0 Å². The zero-order valence-electron chi connectivity index (χ0n) is 19.9. The molecule has 1 aliphatic heterocycles. The van der Waals surface area contributed by atoms with E-state index in [9.17, 15) is 4.79 Å². The van der Waals surface area contributed by atoms with Gasteiger partial charge < -0.3 is 19.5 Å². The fourth-order valence-corrected chi connectivity index (χ4v) is 5.15. The topological polar surface area (TPSA) is 66.5 Å². The lowest BCUT2D eigenvalue weighted by molar-refractivity contribution is 0.0919. The summed E-state index contributed by atoms with van der Waals surface area (Å²) in [5.41, 5.74) is 5.08. The normalized spacial score (nSPS) is 16.3. The number of benzene rings is 1. The Bertz CT molecular complexity index is 1180. The molecule has 1 aromatic carbocycles. The Balaban J connectivity index is 1.24. The third-order valence-corrected chi connectivity index (χ3v) is 7.12. The molecule has 0 spiro atoms. The highest BCUT2D eigenvalue weighted by atomic mass is 35.5. The van der Waals surface area contributed by atoms with E-state index in [1.807, 2.05) is 35.9 Å². The second kappa shape index (κ2) is 9.94. The second-order valence-electron chi connectivity index (χ2n) is 9.44. The molecule has 3 aromatic rings. The van der Waals surface area contributed by atoms with Gasteiger partial charge in [0.05, 0.1) is 12.2 Å². The SMILES string of the molecule is Cc1c(C(=O)NCCCN2CCN(C)CC2)oc2c1-c1nn(Cc3cccc(Cl)c3)cc1CC2. The maximum Gasteiger partial charge on any atom is 0.287 e. The quantitative estimate of drug-likeness (QED) is 0.522. The number of likely N-dealkylation sites (N-methyl/N-ethyl adjacent to an activating group) is 1. The highest BCUT2D eigenvalue weighted by Gasteiger charge is 2.29. The van der Waals surface area contributed by atoms with Gasteiger partial charge >= 0.3 is 0 Å². The second-order valence-corrected chi connectivity index (χ2v) is 9.88. The van der Waals surface area contributed by atoms with Crippen LogP contribution < -0.4 is 5.32 Å². The van der Waals surface area contributed by atoms with E-state index in [4.69, 9.17) is 21.1 Å². The number of piperazine rings is 1. The van der Waals surface area contributed by atoms with Crippen molar-refractivity contribution in [1.82, 2.24) is 24.9 Å². The van der Waals surface area contributed by atoms with Crippen LogP contribution in [0.5, 0.6) is 0 Å². The van der Waals surface area contributed by atoms with Crippen molar-refractivity contribution in [3.8, 4) is 11.3 Å². The Morgan fingerprint density at radius 2 is 2.03 bits per heavy atom. The van der Waals surface area contributed by atoms with E-state index < -0.39 is 0 Å². The Morgan fingerprint density at radius 3 is 2.82 bits per heavy atom. The first-order valence-electron chi connectivity index (χ1n) is 12.1. The molecule has 8 heteroatoms. The number of aryl methyl sites for hydroxylation is 2. The van der Waals surface area contributed by atoms with E-state index in [0.717, 1.165) is 85.2 Å². The third-order valence-electron chi connectivity index (χ3n) is 6.89. The predicted molar refractivity (Wildman–Crippen MR) is 134 cm³/mol. The summed E-state index contributed by atoms with van der Waals surface area (Å²) in [5.74, 6) is 1.15. The summed E-state index contributed by atoms with van der Waals surface area (Å²) >= 11 is 6.14. The molecule has 34 heavy (non-hydrogen) atoms. The fraction of sp³-hybridized carbons (Fsp3) is 0.462. The molecule has 1 N–H and O–H groups in total. The van der Waals surface area contributed by atoms with Crippen molar-refractivity contribution in [2.75, 3.05) is 46.3 Å². The van der Waals surface area contributed by atoms with Crippen LogP contribution in [-0.4, -0.2) is 71.8 Å². The number of nitrogens with one attached hydrogen (secondary N) is 1. The number of hydrogen-bond acceptors (Lipinski definition) is 5. The number of halogens is 1. The van der Waals surface area contributed by atoms with Gasteiger partial charge in [0, 0.05) is 61.5 Å². The molecule has 180 valence electrons. The van der Waals surface area contributed by atoms with E-state index in [-0.39, 0.29) is 5.91 Å². The predicted octanol–water partition coefficient (Wildman–Crippen LogP) is 3.62. The van der Waals surface area contributed by atoms with Crippen LogP contribution in [0.2, 0.25) is 5.02 Å². The molecule has 1 amide bonds. The van der Waals surface area contributed by atoms with Crippen molar-refractivity contribution >= 4 is 17.5 Å². The van der Waals surface area contributed by atoms with Gasteiger partial charge in [-0.15, -0.1) is 0 Å². The standard InChI is InChI=1S/C26H32ClN5O2/c1-18-23-22(34-25(18)26(33)28-9-4-10-31-13-11-30(2)12-14-31)8-7-20-17-32(29-24(20)23)16-19-5-3-6-21(27)15-19/h3,5-6,15,17H,4,7-14,16H2,1-2H3,(H,28,33). The highest BCUT2D eigenvalue weighted by Crippen LogP contribution is 2.38. The summed E-state index contributed by atoms with van der Waals surface area (Å²) in [6, 6.07) is 7.84. The molecule has 1 aliphatic carbocycles. The van der Waals surface area contributed by atoms with E-state index in [2.05, 4.69) is 28.4 Å². The van der Waals surface area contributed by atoms with Gasteiger partial charge in [0.1, 0.15) is 5.76 Å². The van der Waals surface area contributed by atoms with Crippen molar-refractivity contribution in [2.24, 2.45) is 0 Å². The maximum atomic E-state index is 12.9. The van der Waals surface area contributed by atoms with Crippen LogP contribution in [0.25, 0.3) is 11.3 Å². The average molecular weight is 482 g/mol. The minimum atomic E-state index is -0.134. The molecule has 0 unspecified atom stereocenters. The lowest BCUT2D eigenvalue weighted by Gasteiger charge is -2.32. The fourth-order valence-electron chi connectivity index (χ4n) is 4.94. The third kappa shape index (κ3) is 4.92. The number of aromatic nitrogens is 2. The number of carbonyl (C=O) groups excluding carboxylic acids is 1. The molecular formula is C26H32ClN5O2. The van der Waals surface area contributed by atoms with Crippen LogP contribution in [0.15, 0.2) is 34.9 Å². The molecule has 7 nitrogen and oxygen atoms in total. The zero-order chi connectivity index (χ0) is 23.7. The lowest BCUT2D eigenvalue weighted by Crippen LogP contribution is -2.45. The van der Waals surface area contributed by atoms with Crippen LogP contribution in [-0.2, 0) is 19.4 Å². The number of rotatable bonds is 7. The molecule has 0 radical (unpaired) electrons. The van der Waals surface area contributed by atoms with Gasteiger partial charge in [0.15, 0.2) is 5.76 Å². The highest BCUT2D eigenvalue weighted by molar-refractivity contribution is 6.30. The van der Waals surface area contributed by atoms with E-state index >= 15 is 0 Å². The molecule has 0 atom stereocenters. The Kier molecular flexibility index (Phi) is 6.77. The van der Waals surface area contributed by atoms with E-state index in [1.54, 1.807) is 0 Å². The zero-order valence-corrected chi connectivity index (χ0v) is 20.7. The molecule has 0 saturated carbocycles. The number of carbonyl (C=O) groups is 1. The first-order chi connectivity index (χ1) is 16.5. The molecular weight excluding hydrogens is 450 g/mol. The van der Waals surface area contributed by atoms with Crippen LogP contribution in [0.1, 0.15) is 39.4 Å². The molecule has 2 aliphatic rings. The van der Waals surface area contributed by atoms with Crippen molar-refractivity contribution in [2.45, 2.75) is 32.7 Å². The van der Waals surface area contributed by atoms with Crippen molar-refractivity contribution < 1.29 is 9.21 Å². The Morgan fingerprint density at radius 1 is 1.21 bits per heavy atom. The lowest BCUT2D eigenvalue weighted by atomic mass is 9.93. The van der Waals surface area contributed by atoms with Gasteiger partial charge in [-0.25, -0.2) is 0 Å². The van der Waals surface area contributed by atoms with Gasteiger partial charge in [0.2, 0.25) is 0 Å². The molecule has 3 heterocycles. The first-order valence-corrected chi connectivity index (χ1v) is 12.5. The monoisotopic (exact) mass is 481 g/mol. The summed E-state index contributed by atoms with van der Waals surface area (Å²) in [6.07, 6.45) is 4.68. The smallest absolute Gasteiger partial charge is 0.287 e. The van der Waals surface area contributed by atoms with Gasteiger partial charge in [-0.1, -0.05) is 23.7 Å². The maximum absolute atomic E-state index is 12.9. The van der Waals surface area contributed by atoms with Crippen LogP contribution in [0, 0.1) is 6.92 Å². The van der Waals surface area contributed by atoms with E-state index in [1.165, 1.54) is 5.56 Å². The van der Waals surface area contributed by atoms with E-state index in [0.29, 0.717) is 18.8 Å². The molecule has 0 bridgehead atoms. The minimum absolute atomic E-state index is 0.134. The summed E-state index contributed by atoms with van der Waals surface area (Å²) in [7, 11) is 2.16. The van der Waals surface area contributed by atoms with Gasteiger partial charge in [-0.3, -0.25) is 9.48 Å². The first kappa shape index (κ1) is 23.1. The van der Waals surface area contributed by atoms with Crippen molar-refractivity contribution in [1.29, 1.82) is 0 Å². The number of amides is 1. The van der Waals surface area contributed by atoms with Crippen LogP contribution in [0.3, 0.4) is 0 Å². The van der Waals surface area contributed by atoms with Crippen LogP contribution in [0.4, 0.5) is 0 Å². The molecule has 1 saturated heterocycles. The minimum Gasteiger partial charge on any atom is -0.455 e. The number of fused-ring (bicyclic) bond motifs is 3. The molecule has 2 aromatic heterocycles. The molecule has 5 rings (SSSR count). The van der Waals surface area contributed by atoms with Gasteiger partial charge in [0.25, 0.3) is 5.91 Å². The number of furan rings is 1. The summed E-state index contributed by atoms with van der Waals surface area (Å²) in [4.78, 5) is 17.7. The number of hydrogen-bond donors (Lipinski definition) is 1. The van der Waals surface area contributed by atoms with Gasteiger partial charge in [-0.2, -0.15) is 5.10 Å². The van der Waals surface area contributed by atoms with Gasteiger partial charge in [-0.05, 0) is 56.6 Å². The Labute approximate surface area is 205 Å². The largest absolute Gasteiger partial charge is 0.455 e. The summed E-state index contributed by atoms with van der Waals surface area (Å²) in [6.45, 7) is 8.69.